The van der Waals surface area contributed by atoms with E-state index in [4.69, 9.17) is 0 Å². The maximum Gasteiger partial charge on any atom is 0.131 e. The molecule has 0 spiro atoms. The average molecular weight is 275 g/mol. The van der Waals surface area contributed by atoms with Crippen LogP contribution < -0.4 is 0 Å². The van der Waals surface area contributed by atoms with Gasteiger partial charge in [0.15, 0.2) is 0 Å². The van der Waals surface area contributed by atoms with Crippen molar-refractivity contribution in [2.75, 3.05) is 13.6 Å². The van der Waals surface area contributed by atoms with Crippen molar-refractivity contribution in [3.63, 3.8) is 0 Å². The van der Waals surface area contributed by atoms with Gasteiger partial charge in [0.05, 0.1) is 11.5 Å². The minimum atomic E-state index is -0.521. The topological polar surface area (TPSA) is 40.5 Å². The van der Waals surface area contributed by atoms with Crippen LogP contribution in [-0.2, 0) is 10.2 Å². The number of rotatable bonds is 5. The molecule has 0 radical (unpaired) electrons. The molecule has 1 fully saturated rings. The van der Waals surface area contributed by atoms with Gasteiger partial charge in [-0.05, 0) is 32.4 Å². The number of aliphatic hydroxyl groups excluding tert-OH is 1. The van der Waals surface area contributed by atoms with E-state index in [1.54, 1.807) is 0 Å². The molecule has 3 unspecified atom stereocenters. The Balaban J connectivity index is 2.11. The van der Waals surface area contributed by atoms with E-state index in [1.807, 2.05) is 44.3 Å². The molecule has 3 heteroatoms. The first-order chi connectivity index (χ1) is 9.57. The second kappa shape index (κ2) is 6.51. The first kappa shape index (κ1) is 15.2. The largest absolute Gasteiger partial charge is 0.391 e. The van der Waals surface area contributed by atoms with Crippen molar-refractivity contribution in [1.29, 1.82) is 0 Å². The molecule has 0 aromatic heterocycles. The summed E-state index contributed by atoms with van der Waals surface area (Å²) >= 11 is 0. The van der Waals surface area contributed by atoms with E-state index in [2.05, 4.69) is 4.90 Å². The highest BCUT2D eigenvalue weighted by Crippen LogP contribution is 2.27. The lowest BCUT2D eigenvalue weighted by atomic mass is 9.82. The highest BCUT2D eigenvalue weighted by molar-refractivity contribution is 5.68. The fraction of sp³-hybridized carbons (Fsp3) is 0.588. The van der Waals surface area contributed by atoms with Crippen LogP contribution in [0.1, 0.15) is 38.2 Å². The van der Waals surface area contributed by atoms with Crippen LogP contribution >= 0.6 is 0 Å². The lowest BCUT2D eigenvalue weighted by molar-refractivity contribution is -0.113. The predicted octanol–water partition coefficient (Wildman–Crippen LogP) is 2.38. The monoisotopic (exact) mass is 275 g/mol. The molecule has 0 saturated heterocycles. The normalized spacial score (nSPS) is 26.2. The molecule has 0 amide bonds. The number of aldehydes is 1. The van der Waals surface area contributed by atoms with Crippen LogP contribution in [0.5, 0.6) is 0 Å². The molecule has 0 aliphatic heterocycles. The summed E-state index contributed by atoms with van der Waals surface area (Å²) < 4.78 is 0. The summed E-state index contributed by atoms with van der Waals surface area (Å²) in [4.78, 5) is 13.8. The molecule has 3 nitrogen and oxygen atoms in total. The van der Waals surface area contributed by atoms with Gasteiger partial charge in [-0.3, -0.25) is 4.90 Å². The number of carbonyl (C=O) groups excluding carboxylic acids is 1. The molecule has 2 rings (SSSR count). The summed E-state index contributed by atoms with van der Waals surface area (Å²) in [6.07, 6.45) is 4.93. The number of likely N-dealkylation sites (N-methyl/N-ethyl adjacent to an activating group) is 1. The second-order valence-electron chi connectivity index (χ2n) is 6.24. The molecule has 1 N–H and O–H groups in total. The maximum atomic E-state index is 11.6. The van der Waals surface area contributed by atoms with Crippen LogP contribution in [-0.4, -0.2) is 42.0 Å². The van der Waals surface area contributed by atoms with Gasteiger partial charge in [-0.25, -0.2) is 0 Å². The first-order valence-corrected chi connectivity index (χ1v) is 7.47. The minimum absolute atomic E-state index is 0.173. The van der Waals surface area contributed by atoms with E-state index >= 15 is 0 Å². The summed E-state index contributed by atoms with van der Waals surface area (Å²) in [5.41, 5.74) is 0.514. The summed E-state index contributed by atoms with van der Waals surface area (Å²) in [7, 11) is 2.02. The second-order valence-corrected chi connectivity index (χ2v) is 6.24. The minimum Gasteiger partial charge on any atom is -0.391 e. The standard InChI is InChI=1S/C17H25NO2/c1-17(13-19,14-8-4-3-5-9-14)12-18(2)15-10-6-7-11-16(15)20/h3-5,8-9,13,15-16,20H,6-7,10-12H2,1-2H3. The molecule has 1 saturated carbocycles. The van der Waals surface area contributed by atoms with Crippen molar-refractivity contribution in [2.45, 2.75) is 50.2 Å². The van der Waals surface area contributed by atoms with Gasteiger partial charge in [-0.1, -0.05) is 43.2 Å². The van der Waals surface area contributed by atoms with Crippen LogP contribution in [0.25, 0.3) is 0 Å². The third kappa shape index (κ3) is 3.28. The number of hydrogen-bond acceptors (Lipinski definition) is 3. The number of carbonyl (C=O) groups is 1. The van der Waals surface area contributed by atoms with Crippen molar-refractivity contribution >= 4 is 6.29 Å². The highest BCUT2D eigenvalue weighted by Gasteiger charge is 2.33. The number of benzene rings is 1. The third-order valence-electron chi connectivity index (χ3n) is 4.53. The van der Waals surface area contributed by atoms with Gasteiger partial charge < -0.3 is 9.90 Å². The molecule has 0 heterocycles. The number of hydrogen-bond donors (Lipinski definition) is 1. The Morgan fingerprint density at radius 3 is 2.55 bits per heavy atom. The highest BCUT2D eigenvalue weighted by atomic mass is 16.3. The molecule has 20 heavy (non-hydrogen) atoms. The van der Waals surface area contributed by atoms with Gasteiger partial charge in [0.2, 0.25) is 0 Å². The Morgan fingerprint density at radius 1 is 1.30 bits per heavy atom. The SMILES string of the molecule is CN(CC(C)(C=O)c1ccccc1)C1CCCCC1O. The van der Waals surface area contributed by atoms with Gasteiger partial charge in [0, 0.05) is 12.6 Å². The van der Waals surface area contributed by atoms with Crippen molar-refractivity contribution in [3.05, 3.63) is 35.9 Å². The fourth-order valence-corrected chi connectivity index (χ4v) is 3.26. The molecular weight excluding hydrogens is 250 g/mol. The van der Waals surface area contributed by atoms with Crippen molar-refractivity contribution < 1.29 is 9.90 Å². The van der Waals surface area contributed by atoms with E-state index in [9.17, 15) is 9.90 Å². The molecule has 110 valence electrons. The van der Waals surface area contributed by atoms with E-state index in [1.165, 1.54) is 0 Å². The summed E-state index contributed by atoms with van der Waals surface area (Å²) in [5.74, 6) is 0. The number of aliphatic hydroxyl groups is 1. The Kier molecular flexibility index (Phi) is 4.95. The molecule has 1 aliphatic rings. The van der Waals surface area contributed by atoms with E-state index < -0.39 is 5.41 Å². The van der Waals surface area contributed by atoms with E-state index in [0.29, 0.717) is 6.54 Å². The Bertz CT molecular complexity index is 434. The van der Waals surface area contributed by atoms with E-state index in [0.717, 1.165) is 37.5 Å². The molecular formula is C17H25NO2. The van der Waals surface area contributed by atoms with Gasteiger partial charge >= 0.3 is 0 Å². The van der Waals surface area contributed by atoms with Gasteiger partial charge in [-0.15, -0.1) is 0 Å². The summed E-state index contributed by atoms with van der Waals surface area (Å²) in [6.45, 7) is 2.61. The molecule has 1 aliphatic carbocycles. The molecule has 0 bridgehead atoms. The lowest BCUT2D eigenvalue weighted by Crippen LogP contribution is -2.49. The van der Waals surface area contributed by atoms with Crippen molar-refractivity contribution in [3.8, 4) is 0 Å². The van der Waals surface area contributed by atoms with Gasteiger partial charge in [0.25, 0.3) is 0 Å². The Morgan fingerprint density at radius 2 is 1.95 bits per heavy atom. The smallest absolute Gasteiger partial charge is 0.131 e. The van der Waals surface area contributed by atoms with Crippen LogP contribution in [0, 0.1) is 0 Å². The Labute approximate surface area is 121 Å². The average Bonchev–Trinajstić information content (AvgIpc) is 2.48. The zero-order valence-corrected chi connectivity index (χ0v) is 12.5. The number of nitrogens with zero attached hydrogens (tertiary/aromatic N) is 1. The molecule has 3 atom stereocenters. The fourth-order valence-electron chi connectivity index (χ4n) is 3.26. The Hall–Kier alpha value is -1.19. The zero-order chi connectivity index (χ0) is 14.6. The summed E-state index contributed by atoms with van der Waals surface area (Å²) in [5, 5.41) is 10.1. The zero-order valence-electron chi connectivity index (χ0n) is 12.5. The third-order valence-corrected chi connectivity index (χ3v) is 4.53. The quantitative estimate of drug-likeness (QED) is 0.839. The van der Waals surface area contributed by atoms with Gasteiger partial charge in [-0.2, -0.15) is 0 Å². The van der Waals surface area contributed by atoms with Crippen molar-refractivity contribution in [2.24, 2.45) is 0 Å². The van der Waals surface area contributed by atoms with Crippen LogP contribution in [0.15, 0.2) is 30.3 Å². The van der Waals surface area contributed by atoms with Crippen molar-refractivity contribution in [1.82, 2.24) is 4.90 Å². The lowest BCUT2D eigenvalue weighted by Gasteiger charge is -2.39. The van der Waals surface area contributed by atoms with Crippen LogP contribution in [0.3, 0.4) is 0 Å². The van der Waals surface area contributed by atoms with Crippen LogP contribution in [0.2, 0.25) is 0 Å². The van der Waals surface area contributed by atoms with E-state index in [-0.39, 0.29) is 12.1 Å². The molecule has 1 aromatic carbocycles. The summed E-state index contributed by atoms with van der Waals surface area (Å²) in [6, 6.07) is 10.1. The predicted molar refractivity (Wildman–Crippen MR) is 80.8 cm³/mol. The van der Waals surface area contributed by atoms with Gasteiger partial charge in [0.1, 0.15) is 6.29 Å². The first-order valence-electron chi connectivity index (χ1n) is 7.47. The molecule has 1 aromatic rings. The van der Waals surface area contributed by atoms with Crippen LogP contribution in [0.4, 0.5) is 0 Å². The maximum absolute atomic E-state index is 11.6.